The minimum atomic E-state index is 0.493. The van der Waals surface area contributed by atoms with Gasteiger partial charge in [-0.1, -0.05) is 41.9 Å². The number of hydrogen-bond acceptors (Lipinski definition) is 3. The summed E-state index contributed by atoms with van der Waals surface area (Å²) in [5, 5.41) is 0.550. The largest absolute Gasteiger partial charge is 0.418 e. The van der Waals surface area contributed by atoms with Crippen molar-refractivity contribution in [3.8, 4) is 0 Å². The van der Waals surface area contributed by atoms with Gasteiger partial charge >= 0.3 is 0 Å². The second-order valence-corrected chi connectivity index (χ2v) is 4.21. The van der Waals surface area contributed by atoms with Crippen molar-refractivity contribution in [3.63, 3.8) is 0 Å². The maximum atomic E-state index is 5.84. The van der Waals surface area contributed by atoms with Gasteiger partial charge in [0.1, 0.15) is 5.52 Å². The van der Waals surface area contributed by atoms with Crippen LogP contribution in [0.4, 0.5) is 0 Å². The molecular weight excluding hydrogens is 248 g/mol. The van der Waals surface area contributed by atoms with Crippen molar-refractivity contribution < 1.29 is 4.42 Å². The standard InChI is InChI=1S/C14H9ClN2O/c15-11-8-12-14(16-9-11)18-13(17-12)7-6-10-4-2-1-3-5-10/h1-9H/b7-6+. The third kappa shape index (κ3) is 2.26. The van der Waals surface area contributed by atoms with Gasteiger partial charge in [-0.3, -0.25) is 0 Å². The lowest BCUT2D eigenvalue weighted by atomic mass is 10.2. The average molecular weight is 257 g/mol. The molecule has 0 spiro atoms. The molecule has 0 bridgehead atoms. The summed E-state index contributed by atoms with van der Waals surface area (Å²) in [6.45, 7) is 0. The fraction of sp³-hybridized carbons (Fsp3) is 0. The minimum Gasteiger partial charge on any atom is -0.418 e. The van der Waals surface area contributed by atoms with Crippen LogP contribution in [0, 0.1) is 0 Å². The predicted octanol–water partition coefficient (Wildman–Crippen LogP) is 4.05. The molecule has 4 heteroatoms. The van der Waals surface area contributed by atoms with E-state index in [9.17, 15) is 0 Å². The highest BCUT2D eigenvalue weighted by Gasteiger charge is 2.04. The summed E-state index contributed by atoms with van der Waals surface area (Å²) >= 11 is 5.84. The number of hydrogen-bond donors (Lipinski definition) is 0. The Kier molecular flexibility index (Phi) is 2.82. The van der Waals surface area contributed by atoms with Crippen LogP contribution in [-0.2, 0) is 0 Å². The van der Waals surface area contributed by atoms with E-state index in [1.54, 1.807) is 12.3 Å². The number of nitrogens with zero attached hydrogens (tertiary/aromatic N) is 2. The second kappa shape index (κ2) is 4.63. The van der Waals surface area contributed by atoms with E-state index in [0.717, 1.165) is 5.56 Å². The normalized spacial score (nSPS) is 11.4. The van der Waals surface area contributed by atoms with E-state index >= 15 is 0 Å². The maximum absolute atomic E-state index is 5.84. The molecule has 0 aliphatic rings. The molecule has 0 amide bonds. The van der Waals surface area contributed by atoms with Crippen molar-refractivity contribution in [3.05, 3.63) is 59.1 Å². The van der Waals surface area contributed by atoms with Gasteiger partial charge in [0.15, 0.2) is 0 Å². The quantitative estimate of drug-likeness (QED) is 0.694. The number of benzene rings is 1. The molecule has 0 fully saturated rings. The van der Waals surface area contributed by atoms with E-state index in [4.69, 9.17) is 16.0 Å². The Balaban J connectivity index is 1.93. The summed E-state index contributed by atoms with van der Waals surface area (Å²) in [7, 11) is 0. The number of aromatic nitrogens is 2. The molecule has 0 radical (unpaired) electrons. The summed E-state index contributed by atoms with van der Waals surface area (Å²) in [4.78, 5) is 8.35. The van der Waals surface area contributed by atoms with Crippen molar-refractivity contribution in [2.75, 3.05) is 0 Å². The molecule has 18 heavy (non-hydrogen) atoms. The highest BCUT2D eigenvalue weighted by Crippen LogP contribution is 2.18. The molecule has 2 heterocycles. The molecule has 0 saturated heterocycles. The Labute approximate surface area is 109 Å². The van der Waals surface area contributed by atoms with E-state index in [1.165, 1.54) is 0 Å². The molecule has 2 aromatic heterocycles. The van der Waals surface area contributed by atoms with Crippen LogP contribution in [0.5, 0.6) is 0 Å². The van der Waals surface area contributed by atoms with Gasteiger partial charge in [-0.05, 0) is 17.7 Å². The summed E-state index contributed by atoms with van der Waals surface area (Å²) in [5.41, 5.74) is 2.24. The van der Waals surface area contributed by atoms with Crippen LogP contribution in [0.1, 0.15) is 11.5 Å². The lowest BCUT2D eigenvalue weighted by molar-refractivity contribution is 0.579. The van der Waals surface area contributed by atoms with Gasteiger partial charge in [-0.15, -0.1) is 0 Å². The van der Waals surface area contributed by atoms with Crippen LogP contribution < -0.4 is 0 Å². The highest BCUT2D eigenvalue weighted by atomic mass is 35.5. The van der Waals surface area contributed by atoms with Crippen molar-refractivity contribution >= 4 is 35.0 Å². The van der Waals surface area contributed by atoms with Gasteiger partial charge in [0, 0.05) is 12.3 Å². The second-order valence-electron chi connectivity index (χ2n) is 3.77. The Morgan fingerprint density at radius 3 is 2.78 bits per heavy atom. The van der Waals surface area contributed by atoms with Crippen LogP contribution in [0.3, 0.4) is 0 Å². The van der Waals surface area contributed by atoms with Gasteiger partial charge in [-0.25, -0.2) is 9.97 Å². The SMILES string of the molecule is Clc1cnc2oc(/C=C/c3ccccc3)nc2c1. The molecule has 3 nitrogen and oxygen atoms in total. The van der Waals surface area contributed by atoms with Gasteiger partial charge in [0.2, 0.25) is 11.6 Å². The van der Waals surface area contributed by atoms with Crippen LogP contribution in [0.2, 0.25) is 5.02 Å². The first kappa shape index (κ1) is 11.0. The molecule has 0 aliphatic carbocycles. The third-order valence-corrected chi connectivity index (χ3v) is 2.66. The van der Waals surface area contributed by atoms with Crippen molar-refractivity contribution in [1.29, 1.82) is 0 Å². The van der Waals surface area contributed by atoms with E-state index in [-0.39, 0.29) is 0 Å². The zero-order valence-corrected chi connectivity index (χ0v) is 10.1. The first-order chi connectivity index (χ1) is 8.81. The monoisotopic (exact) mass is 256 g/mol. The molecular formula is C14H9ClN2O. The Morgan fingerprint density at radius 1 is 1.11 bits per heavy atom. The lowest BCUT2D eigenvalue weighted by Gasteiger charge is -1.88. The zero-order valence-electron chi connectivity index (χ0n) is 9.38. The smallest absolute Gasteiger partial charge is 0.247 e. The number of fused-ring (bicyclic) bond motifs is 1. The van der Waals surface area contributed by atoms with Gasteiger partial charge in [0.25, 0.3) is 0 Å². The molecule has 3 aromatic rings. The molecule has 1 aromatic carbocycles. The first-order valence-corrected chi connectivity index (χ1v) is 5.84. The minimum absolute atomic E-state index is 0.493. The topological polar surface area (TPSA) is 38.9 Å². The van der Waals surface area contributed by atoms with Crippen molar-refractivity contribution in [2.24, 2.45) is 0 Å². The van der Waals surface area contributed by atoms with Gasteiger partial charge in [0.05, 0.1) is 5.02 Å². The summed E-state index contributed by atoms with van der Waals surface area (Å²) in [6.07, 6.45) is 5.29. The zero-order chi connectivity index (χ0) is 12.4. The van der Waals surface area contributed by atoms with Gasteiger partial charge in [-0.2, -0.15) is 0 Å². The molecule has 88 valence electrons. The number of halogens is 1. The number of pyridine rings is 1. The number of oxazole rings is 1. The van der Waals surface area contributed by atoms with E-state index in [2.05, 4.69) is 9.97 Å². The summed E-state index contributed by atoms with van der Waals surface area (Å²) < 4.78 is 5.48. The third-order valence-electron chi connectivity index (χ3n) is 2.45. The Bertz CT molecular complexity index is 704. The van der Waals surface area contributed by atoms with E-state index in [0.29, 0.717) is 22.1 Å². The lowest BCUT2D eigenvalue weighted by Crippen LogP contribution is -1.73. The Morgan fingerprint density at radius 2 is 1.94 bits per heavy atom. The molecule has 0 saturated carbocycles. The molecule has 3 rings (SSSR count). The molecule has 0 aliphatic heterocycles. The van der Waals surface area contributed by atoms with Crippen LogP contribution >= 0.6 is 11.6 Å². The predicted molar refractivity (Wildman–Crippen MR) is 72.2 cm³/mol. The van der Waals surface area contributed by atoms with Gasteiger partial charge < -0.3 is 4.42 Å². The van der Waals surface area contributed by atoms with E-state index < -0.39 is 0 Å². The van der Waals surface area contributed by atoms with Crippen LogP contribution in [-0.4, -0.2) is 9.97 Å². The van der Waals surface area contributed by atoms with E-state index in [1.807, 2.05) is 42.5 Å². The first-order valence-electron chi connectivity index (χ1n) is 5.46. The summed E-state index contributed by atoms with van der Waals surface area (Å²) in [5.74, 6) is 0.517. The molecule has 0 atom stereocenters. The number of rotatable bonds is 2. The summed E-state index contributed by atoms with van der Waals surface area (Å²) in [6, 6.07) is 11.7. The average Bonchev–Trinajstić information content (AvgIpc) is 2.79. The molecule has 0 unspecified atom stereocenters. The fourth-order valence-corrected chi connectivity index (χ4v) is 1.77. The van der Waals surface area contributed by atoms with Crippen LogP contribution in [0.25, 0.3) is 23.4 Å². The van der Waals surface area contributed by atoms with Crippen molar-refractivity contribution in [1.82, 2.24) is 9.97 Å². The Hall–Kier alpha value is -2.13. The molecule has 0 N–H and O–H groups in total. The maximum Gasteiger partial charge on any atom is 0.247 e. The van der Waals surface area contributed by atoms with Crippen molar-refractivity contribution in [2.45, 2.75) is 0 Å². The highest BCUT2D eigenvalue weighted by molar-refractivity contribution is 6.30. The van der Waals surface area contributed by atoms with Crippen LogP contribution in [0.15, 0.2) is 47.0 Å². The fourth-order valence-electron chi connectivity index (χ4n) is 1.62.